The van der Waals surface area contributed by atoms with Crippen LogP contribution in [0.1, 0.15) is 43.3 Å². The van der Waals surface area contributed by atoms with Crippen molar-refractivity contribution in [2.75, 3.05) is 29.9 Å². The van der Waals surface area contributed by atoms with E-state index in [1.54, 1.807) is 30.5 Å². The molecule has 0 atom stereocenters. The van der Waals surface area contributed by atoms with Crippen molar-refractivity contribution in [1.29, 1.82) is 0 Å². The average Bonchev–Trinajstić information content (AvgIpc) is 3.16. The zero-order valence-electron chi connectivity index (χ0n) is 18.9. The smallest absolute Gasteiger partial charge is 0.258 e. The third kappa shape index (κ3) is 5.42. The molecule has 3 aromatic rings. The van der Waals surface area contributed by atoms with Crippen LogP contribution < -0.4 is 5.32 Å². The lowest BCUT2D eigenvalue weighted by Gasteiger charge is -2.26. The molecular weight excluding hydrogens is 456 g/mol. The molecule has 0 radical (unpaired) electrons. The number of nitrogens with zero attached hydrogens (tertiary/aromatic N) is 3. The molecule has 0 aliphatic carbocycles. The molecule has 1 saturated heterocycles. The lowest BCUT2D eigenvalue weighted by molar-refractivity contribution is 0.0772. The Kier molecular flexibility index (Phi) is 7.39. The summed E-state index contributed by atoms with van der Waals surface area (Å²) in [4.78, 5) is 32.2. The lowest BCUT2D eigenvalue weighted by atomic mass is 10.1. The predicted octanol–water partition coefficient (Wildman–Crippen LogP) is 4.73. The van der Waals surface area contributed by atoms with E-state index in [-0.39, 0.29) is 11.8 Å². The van der Waals surface area contributed by atoms with E-state index in [4.69, 9.17) is 4.52 Å². The molecule has 3 heterocycles. The summed E-state index contributed by atoms with van der Waals surface area (Å²) in [7, 11) is 0. The molecule has 172 valence electrons. The molecule has 2 amide bonds. The first-order chi connectivity index (χ1) is 15.9. The average molecular weight is 483 g/mol. The third-order valence-corrected chi connectivity index (χ3v) is 7.54. The van der Waals surface area contributed by atoms with E-state index in [9.17, 15) is 9.59 Å². The number of hydrogen-bond donors (Lipinski definition) is 1. The highest BCUT2D eigenvalue weighted by atomic mass is 32.2. The van der Waals surface area contributed by atoms with Gasteiger partial charge in [0.05, 0.1) is 11.3 Å². The number of amides is 2. The van der Waals surface area contributed by atoms with E-state index < -0.39 is 0 Å². The van der Waals surface area contributed by atoms with Crippen LogP contribution in [0.25, 0.3) is 0 Å². The van der Waals surface area contributed by atoms with Gasteiger partial charge >= 0.3 is 0 Å². The Balaban J connectivity index is 1.46. The minimum absolute atomic E-state index is 0.0431. The first-order valence-corrected chi connectivity index (χ1v) is 12.9. The Morgan fingerprint density at radius 3 is 2.67 bits per heavy atom. The van der Waals surface area contributed by atoms with E-state index in [0.29, 0.717) is 27.6 Å². The van der Waals surface area contributed by atoms with Gasteiger partial charge in [0, 0.05) is 53.4 Å². The molecule has 1 N–H and O–H groups in total. The van der Waals surface area contributed by atoms with Crippen LogP contribution >= 0.6 is 23.5 Å². The maximum atomic E-state index is 13.1. The maximum absolute atomic E-state index is 13.1. The van der Waals surface area contributed by atoms with Gasteiger partial charge in [0.25, 0.3) is 11.8 Å². The Morgan fingerprint density at radius 2 is 1.97 bits per heavy atom. The van der Waals surface area contributed by atoms with Crippen molar-refractivity contribution in [3.8, 4) is 0 Å². The van der Waals surface area contributed by atoms with Gasteiger partial charge in [0.2, 0.25) is 0 Å². The van der Waals surface area contributed by atoms with Crippen molar-refractivity contribution in [1.82, 2.24) is 15.0 Å². The van der Waals surface area contributed by atoms with Gasteiger partial charge in [0.1, 0.15) is 10.8 Å². The van der Waals surface area contributed by atoms with Crippen molar-refractivity contribution in [3.05, 3.63) is 70.2 Å². The van der Waals surface area contributed by atoms with E-state index in [1.165, 1.54) is 11.8 Å². The van der Waals surface area contributed by atoms with Gasteiger partial charge in [0.15, 0.2) is 0 Å². The van der Waals surface area contributed by atoms with Gasteiger partial charge < -0.3 is 14.7 Å². The molecule has 1 aliphatic heterocycles. The zero-order chi connectivity index (χ0) is 23.4. The summed E-state index contributed by atoms with van der Waals surface area (Å²) in [6, 6.07) is 8.94. The number of benzene rings is 1. The van der Waals surface area contributed by atoms with Crippen molar-refractivity contribution >= 4 is 41.0 Å². The molecule has 0 bridgehead atoms. The summed E-state index contributed by atoms with van der Waals surface area (Å²) in [5.74, 6) is 3.14. The number of nitrogens with one attached hydrogen (secondary N) is 1. The van der Waals surface area contributed by atoms with Gasteiger partial charge in [-0.15, -0.1) is 11.8 Å². The summed E-state index contributed by atoms with van der Waals surface area (Å²) < 4.78 is 5.23. The molecule has 1 aromatic carbocycles. The molecule has 33 heavy (non-hydrogen) atoms. The minimum atomic E-state index is -0.236. The highest BCUT2D eigenvalue weighted by molar-refractivity contribution is 7.99. The highest BCUT2D eigenvalue weighted by Gasteiger charge is 2.20. The van der Waals surface area contributed by atoms with Gasteiger partial charge in [-0.3, -0.25) is 9.59 Å². The number of aryl methyl sites for hydroxylation is 3. The van der Waals surface area contributed by atoms with E-state index in [1.807, 2.05) is 43.5 Å². The first-order valence-electron chi connectivity index (χ1n) is 10.7. The van der Waals surface area contributed by atoms with Crippen molar-refractivity contribution < 1.29 is 14.1 Å². The molecule has 0 spiro atoms. The third-order valence-electron chi connectivity index (χ3n) is 5.57. The number of aromatic nitrogens is 2. The summed E-state index contributed by atoms with van der Waals surface area (Å²) >= 11 is 3.35. The van der Waals surface area contributed by atoms with Crippen LogP contribution in [0.3, 0.4) is 0 Å². The molecule has 1 aliphatic rings. The Labute approximate surface area is 201 Å². The summed E-state index contributed by atoms with van der Waals surface area (Å²) in [5.41, 5.74) is 4.52. The number of pyridine rings is 1. The number of hydrogen-bond acceptors (Lipinski definition) is 7. The van der Waals surface area contributed by atoms with E-state index in [0.717, 1.165) is 47.2 Å². The van der Waals surface area contributed by atoms with E-state index in [2.05, 4.69) is 15.5 Å². The zero-order valence-corrected chi connectivity index (χ0v) is 20.5. The van der Waals surface area contributed by atoms with Crippen LogP contribution in [0, 0.1) is 20.8 Å². The number of carbonyl (C=O) groups excluding carboxylic acids is 2. The maximum Gasteiger partial charge on any atom is 0.258 e. The fourth-order valence-electron chi connectivity index (χ4n) is 3.60. The lowest BCUT2D eigenvalue weighted by Crippen LogP contribution is -2.37. The van der Waals surface area contributed by atoms with Crippen LogP contribution in [-0.2, 0) is 5.75 Å². The monoisotopic (exact) mass is 482 g/mol. The molecule has 0 unspecified atom stereocenters. The Morgan fingerprint density at radius 1 is 1.18 bits per heavy atom. The first kappa shape index (κ1) is 23.4. The molecule has 4 rings (SSSR count). The summed E-state index contributed by atoms with van der Waals surface area (Å²) in [5, 5.41) is 7.60. The van der Waals surface area contributed by atoms with Gasteiger partial charge in [-0.1, -0.05) is 5.16 Å². The normalized spacial score (nSPS) is 13.7. The van der Waals surface area contributed by atoms with Crippen molar-refractivity contribution in [2.24, 2.45) is 0 Å². The number of anilines is 1. The van der Waals surface area contributed by atoms with Crippen molar-refractivity contribution in [2.45, 2.75) is 31.6 Å². The quantitative estimate of drug-likeness (QED) is 0.508. The number of carbonyl (C=O) groups is 2. The highest BCUT2D eigenvalue weighted by Crippen LogP contribution is 2.28. The van der Waals surface area contributed by atoms with Crippen molar-refractivity contribution in [3.63, 3.8) is 0 Å². The summed E-state index contributed by atoms with van der Waals surface area (Å²) in [6.07, 6.45) is 1.68. The molecule has 9 heteroatoms. The molecule has 7 nitrogen and oxygen atoms in total. The second-order valence-corrected chi connectivity index (χ2v) is 10.0. The molecule has 2 aromatic heterocycles. The molecule has 1 fully saturated rings. The van der Waals surface area contributed by atoms with Crippen LogP contribution in [0.2, 0.25) is 0 Å². The second-order valence-electron chi connectivity index (χ2n) is 7.84. The Bertz CT molecular complexity index is 1150. The number of rotatable bonds is 6. The summed E-state index contributed by atoms with van der Waals surface area (Å²) in [6.45, 7) is 7.23. The van der Waals surface area contributed by atoms with Gasteiger partial charge in [-0.2, -0.15) is 11.8 Å². The Hall–Kier alpha value is -2.78. The fraction of sp³-hybridized carbons (Fsp3) is 0.333. The number of thioether (sulfide) groups is 2. The molecular formula is C24H26N4O3S2. The fourth-order valence-corrected chi connectivity index (χ4v) is 5.65. The van der Waals surface area contributed by atoms with Crippen LogP contribution in [-0.4, -0.2) is 51.5 Å². The largest absolute Gasteiger partial charge is 0.361 e. The predicted molar refractivity (Wildman–Crippen MR) is 132 cm³/mol. The van der Waals surface area contributed by atoms with Crippen LogP contribution in [0.15, 0.2) is 46.1 Å². The van der Waals surface area contributed by atoms with Gasteiger partial charge in [-0.25, -0.2) is 4.98 Å². The minimum Gasteiger partial charge on any atom is -0.361 e. The SMILES string of the molecule is Cc1cc(C(=O)N2CCSCC2)ccc1NC(=O)c1cccnc1SCc1c(C)noc1C. The van der Waals surface area contributed by atoms with Gasteiger partial charge in [-0.05, 0) is 56.7 Å². The van der Waals surface area contributed by atoms with Crippen LogP contribution in [0.4, 0.5) is 5.69 Å². The van der Waals surface area contributed by atoms with E-state index >= 15 is 0 Å². The van der Waals surface area contributed by atoms with Crippen LogP contribution in [0.5, 0.6) is 0 Å². The second kappa shape index (κ2) is 10.4. The molecule has 0 saturated carbocycles. The standard InChI is InChI=1S/C24H26N4O3S2/c1-15-13-18(24(30)28-9-11-32-12-10-28)6-7-21(15)26-22(29)19-5-4-8-25-23(19)33-14-20-16(2)27-31-17(20)3/h4-8,13H,9-12,14H2,1-3H3,(H,26,29). The topological polar surface area (TPSA) is 88.3 Å².